The molecule has 5 heteroatoms. The minimum absolute atomic E-state index is 0.00158. The van der Waals surface area contributed by atoms with Crippen molar-refractivity contribution in [2.75, 3.05) is 19.6 Å². The first kappa shape index (κ1) is 17.6. The van der Waals surface area contributed by atoms with E-state index in [1.165, 1.54) is 0 Å². The smallest absolute Gasteiger partial charge is 0.254 e. The highest BCUT2D eigenvalue weighted by Gasteiger charge is 2.54. The Kier molecular flexibility index (Phi) is 4.09. The second-order valence-electron chi connectivity index (χ2n) is 8.51. The zero-order valence-corrected chi connectivity index (χ0v) is 16.1. The number of hydrogen-bond donors (Lipinski definition) is 2. The second kappa shape index (κ2) is 6.52. The number of phenolic OH excluding ortho intramolecular Hbond substituents is 2. The summed E-state index contributed by atoms with van der Waals surface area (Å²) >= 11 is 0. The Hall–Kier alpha value is -2.53. The summed E-state index contributed by atoms with van der Waals surface area (Å²) in [5, 5.41) is 20.1. The fraction of sp³-hybridized carbons (Fsp3) is 0.435. The van der Waals surface area contributed by atoms with Gasteiger partial charge in [-0.1, -0.05) is 18.2 Å². The molecule has 4 fully saturated rings. The van der Waals surface area contributed by atoms with Crippen LogP contribution in [0.2, 0.25) is 0 Å². The molecule has 4 aliphatic heterocycles. The van der Waals surface area contributed by atoms with Crippen LogP contribution in [0, 0.1) is 12.8 Å². The highest BCUT2D eigenvalue weighted by Crippen LogP contribution is 2.47. The van der Waals surface area contributed by atoms with Crippen LogP contribution >= 0.6 is 0 Å². The monoisotopic (exact) mass is 378 g/mol. The molecule has 0 saturated carbocycles. The van der Waals surface area contributed by atoms with Crippen LogP contribution < -0.4 is 0 Å². The van der Waals surface area contributed by atoms with Crippen LogP contribution in [0.1, 0.15) is 40.2 Å². The number of phenols is 2. The predicted molar refractivity (Wildman–Crippen MR) is 107 cm³/mol. The van der Waals surface area contributed by atoms with Crippen LogP contribution in [-0.2, 0) is 0 Å². The summed E-state index contributed by atoms with van der Waals surface area (Å²) in [5.74, 6) is 1.17. The summed E-state index contributed by atoms with van der Waals surface area (Å²) in [6, 6.07) is 13.2. The van der Waals surface area contributed by atoms with Crippen molar-refractivity contribution in [3.63, 3.8) is 0 Å². The fourth-order valence-corrected chi connectivity index (χ4v) is 5.61. The molecule has 2 aromatic rings. The average Bonchev–Trinajstić information content (AvgIpc) is 3.13. The number of likely N-dealkylation sites (tertiary alicyclic amines) is 1. The number of carbonyl (C=O) groups is 1. The number of piperidine rings is 3. The number of amides is 1. The molecule has 2 bridgehead atoms. The SMILES string of the molecule is Cc1ccc(C(=O)N2C[C@H](c3cccc(O)c3)[C@H]3[C@@H]2C2CCN3CC2)cc1O. The maximum absolute atomic E-state index is 13.4. The molecule has 0 aromatic heterocycles. The van der Waals surface area contributed by atoms with Crippen molar-refractivity contribution in [3.05, 3.63) is 59.2 Å². The van der Waals surface area contributed by atoms with E-state index < -0.39 is 0 Å². The van der Waals surface area contributed by atoms with Gasteiger partial charge in [0.15, 0.2) is 0 Å². The van der Waals surface area contributed by atoms with Gasteiger partial charge in [0.25, 0.3) is 5.91 Å². The van der Waals surface area contributed by atoms with E-state index in [4.69, 9.17) is 0 Å². The Balaban J connectivity index is 1.53. The summed E-state index contributed by atoms with van der Waals surface area (Å²) in [6.07, 6.45) is 2.27. The molecule has 1 amide bonds. The lowest BCUT2D eigenvalue weighted by atomic mass is 9.75. The summed E-state index contributed by atoms with van der Waals surface area (Å²) in [5.41, 5.74) is 2.43. The van der Waals surface area contributed by atoms with Crippen molar-refractivity contribution in [1.82, 2.24) is 9.80 Å². The third-order valence-corrected chi connectivity index (χ3v) is 7.01. The number of fused-ring (bicyclic) bond motifs is 2. The Morgan fingerprint density at radius 3 is 2.54 bits per heavy atom. The predicted octanol–water partition coefficient (Wildman–Crippen LogP) is 3.11. The Bertz CT molecular complexity index is 920. The van der Waals surface area contributed by atoms with E-state index in [2.05, 4.69) is 11.0 Å². The van der Waals surface area contributed by atoms with Gasteiger partial charge < -0.3 is 15.1 Å². The molecular formula is C23H26N2O3. The van der Waals surface area contributed by atoms with Gasteiger partial charge in [0.05, 0.1) is 6.04 Å². The molecule has 0 radical (unpaired) electrons. The van der Waals surface area contributed by atoms with Gasteiger partial charge in [-0.3, -0.25) is 9.69 Å². The number of aryl methyl sites for hydroxylation is 1. The molecule has 0 aliphatic carbocycles. The van der Waals surface area contributed by atoms with E-state index in [-0.39, 0.29) is 29.4 Å². The molecule has 3 atom stereocenters. The minimum Gasteiger partial charge on any atom is -0.508 e. The summed E-state index contributed by atoms with van der Waals surface area (Å²) in [6.45, 7) is 4.67. The van der Waals surface area contributed by atoms with Gasteiger partial charge in [0.2, 0.25) is 0 Å². The highest BCUT2D eigenvalue weighted by atomic mass is 16.3. The lowest BCUT2D eigenvalue weighted by Crippen LogP contribution is -2.60. The Morgan fingerprint density at radius 1 is 1.04 bits per heavy atom. The normalized spacial score (nSPS) is 31.0. The lowest BCUT2D eigenvalue weighted by Gasteiger charge is -2.51. The first-order valence-corrected chi connectivity index (χ1v) is 10.2. The minimum atomic E-state index is 0.00158. The van der Waals surface area contributed by atoms with Gasteiger partial charge in [-0.25, -0.2) is 0 Å². The molecule has 6 rings (SSSR count). The maximum Gasteiger partial charge on any atom is 0.254 e. The summed E-state index contributed by atoms with van der Waals surface area (Å²) in [7, 11) is 0. The Labute approximate surface area is 165 Å². The number of rotatable bonds is 2. The molecule has 4 saturated heterocycles. The van der Waals surface area contributed by atoms with E-state index in [0.29, 0.717) is 24.1 Å². The summed E-state index contributed by atoms with van der Waals surface area (Å²) < 4.78 is 0. The fourth-order valence-electron chi connectivity index (χ4n) is 5.61. The second-order valence-corrected chi connectivity index (χ2v) is 8.51. The zero-order valence-electron chi connectivity index (χ0n) is 16.1. The maximum atomic E-state index is 13.4. The molecule has 146 valence electrons. The number of hydrogen-bond acceptors (Lipinski definition) is 4. The molecule has 0 unspecified atom stereocenters. The van der Waals surface area contributed by atoms with E-state index >= 15 is 0 Å². The number of carbonyl (C=O) groups excluding carboxylic acids is 1. The molecule has 5 nitrogen and oxygen atoms in total. The van der Waals surface area contributed by atoms with Crippen molar-refractivity contribution in [2.45, 2.75) is 37.8 Å². The molecule has 4 heterocycles. The third-order valence-electron chi connectivity index (χ3n) is 7.01. The van der Waals surface area contributed by atoms with Crippen molar-refractivity contribution < 1.29 is 15.0 Å². The van der Waals surface area contributed by atoms with Gasteiger partial charge in [-0.2, -0.15) is 0 Å². The van der Waals surface area contributed by atoms with Crippen LogP contribution in [0.25, 0.3) is 0 Å². The van der Waals surface area contributed by atoms with Crippen molar-refractivity contribution in [3.8, 4) is 11.5 Å². The zero-order chi connectivity index (χ0) is 19.4. The number of nitrogens with zero attached hydrogens (tertiary/aromatic N) is 2. The quantitative estimate of drug-likeness (QED) is 0.843. The molecule has 2 aromatic carbocycles. The van der Waals surface area contributed by atoms with Crippen LogP contribution in [0.15, 0.2) is 42.5 Å². The molecule has 4 aliphatic rings. The van der Waals surface area contributed by atoms with Gasteiger partial charge in [-0.05, 0) is 74.2 Å². The Morgan fingerprint density at radius 2 is 1.82 bits per heavy atom. The topological polar surface area (TPSA) is 64.0 Å². The standard InChI is InChI=1S/C23H26N2O3/c1-14-5-6-17(12-20(14)27)23(28)25-13-19(16-3-2-4-18(26)11-16)22-21(25)15-7-9-24(22)10-8-15/h2-6,11-12,15,19,21-22,26-27H,7-10,13H2,1H3/t19-,21+,22+/m1/s1. The first-order chi connectivity index (χ1) is 13.5. The van der Waals surface area contributed by atoms with Gasteiger partial charge in [0.1, 0.15) is 11.5 Å². The van der Waals surface area contributed by atoms with E-state index in [9.17, 15) is 15.0 Å². The summed E-state index contributed by atoms with van der Waals surface area (Å²) in [4.78, 5) is 18.0. The van der Waals surface area contributed by atoms with Crippen molar-refractivity contribution in [2.24, 2.45) is 5.92 Å². The third kappa shape index (κ3) is 2.68. The molecule has 2 N–H and O–H groups in total. The number of aromatic hydroxyl groups is 2. The highest BCUT2D eigenvalue weighted by molar-refractivity contribution is 5.95. The van der Waals surface area contributed by atoms with Crippen LogP contribution in [0.3, 0.4) is 0 Å². The van der Waals surface area contributed by atoms with Crippen LogP contribution in [0.4, 0.5) is 0 Å². The first-order valence-electron chi connectivity index (χ1n) is 10.2. The van der Waals surface area contributed by atoms with E-state index in [0.717, 1.165) is 37.1 Å². The van der Waals surface area contributed by atoms with E-state index in [1.807, 2.05) is 30.0 Å². The largest absolute Gasteiger partial charge is 0.508 e. The molecule has 28 heavy (non-hydrogen) atoms. The van der Waals surface area contributed by atoms with Gasteiger partial charge >= 0.3 is 0 Å². The average molecular weight is 378 g/mol. The molecule has 0 spiro atoms. The van der Waals surface area contributed by atoms with Crippen LogP contribution in [-0.4, -0.2) is 57.6 Å². The van der Waals surface area contributed by atoms with E-state index in [1.54, 1.807) is 18.2 Å². The lowest BCUT2D eigenvalue weighted by molar-refractivity contribution is -0.00342. The van der Waals surface area contributed by atoms with Gasteiger partial charge in [0, 0.05) is 24.1 Å². The van der Waals surface area contributed by atoms with Crippen molar-refractivity contribution >= 4 is 5.91 Å². The molecular weight excluding hydrogens is 352 g/mol. The van der Waals surface area contributed by atoms with Gasteiger partial charge in [-0.15, -0.1) is 0 Å². The van der Waals surface area contributed by atoms with Crippen molar-refractivity contribution in [1.29, 1.82) is 0 Å². The van der Waals surface area contributed by atoms with Crippen LogP contribution in [0.5, 0.6) is 11.5 Å². The number of benzene rings is 2.